The number of ether oxygens (including phenoxy) is 3. The third-order valence-electron chi connectivity index (χ3n) is 9.37. The van der Waals surface area contributed by atoms with E-state index in [1.807, 2.05) is 0 Å². The van der Waals surface area contributed by atoms with Gasteiger partial charge < -0.3 is 24.0 Å². The van der Waals surface area contributed by atoms with Gasteiger partial charge in [-0.2, -0.15) is 0 Å². The molecule has 1 aliphatic rings. The second kappa shape index (κ2) is 33.1. The highest BCUT2D eigenvalue weighted by Crippen LogP contribution is 2.36. The number of unbranched alkanes of at least 4 members (excludes halogenated alkanes) is 20. The zero-order valence-corrected chi connectivity index (χ0v) is 33.3. The lowest BCUT2D eigenvalue weighted by atomic mass is 10.1. The predicted molar refractivity (Wildman–Crippen MR) is 206 cm³/mol. The fourth-order valence-electron chi connectivity index (χ4n) is 6.14. The third-order valence-corrected chi connectivity index (χ3v) is 9.85. The van der Waals surface area contributed by atoms with Crippen LogP contribution in [0.5, 0.6) is 0 Å². The second-order valence-corrected chi connectivity index (χ2v) is 15.6. The summed E-state index contributed by atoms with van der Waals surface area (Å²) in [5, 5.41) is 0. The Labute approximate surface area is 311 Å². The standard InChI is InChI=1S/C41H75O9P/c1-3-5-7-8-9-10-11-12-13-14-15-16-17-18-22-25-29-33-40(42)47-35-37(36-48-51(44,45)46)49-41(43)34-30-26-23-20-19-21-24-28-32-39-38(50-39)31-27-6-4-2/h12-13,24,28,37-39H,3-11,14-23,25-27,29-36H2,1-2H3,(H2,44,45,46)/b13-12-,28-24-/t37-,38?,39?/m1/s1. The molecule has 0 saturated carbocycles. The molecule has 0 amide bonds. The summed E-state index contributed by atoms with van der Waals surface area (Å²) >= 11 is 0. The minimum absolute atomic E-state index is 0.191. The van der Waals surface area contributed by atoms with Crippen molar-refractivity contribution in [3.8, 4) is 0 Å². The first-order valence-electron chi connectivity index (χ1n) is 20.8. The lowest BCUT2D eigenvalue weighted by molar-refractivity contribution is -0.161. The number of carbonyl (C=O) groups excluding carboxylic acids is 2. The molecule has 0 radical (unpaired) electrons. The number of rotatable bonds is 37. The van der Waals surface area contributed by atoms with Gasteiger partial charge in [0, 0.05) is 12.8 Å². The molecule has 0 spiro atoms. The Balaban J connectivity index is 2.06. The Morgan fingerprint density at radius 1 is 0.608 bits per heavy atom. The molecule has 298 valence electrons. The lowest BCUT2D eigenvalue weighted by Crippen LogP contribution is -2.29. The number of phosphoric ester groups is 1. The van der Waals surface area contributed by atoms with E-state index in [2.05, 4.69) is 42.7 Å². The number of esters is 2. The van der Waals surface area contributed by atoms with Gasteiger partial charge in [0.05, 0.1) is 18.8 Å². The minimum atomic E-state index is -4.76. The number of hydrogen-bond acceptors (Lipinski definition) is 7. The van der Waals surface area contributed by atoms with Gasteiger partial charge in [-0.3, -0.25) is 14.1 Å². The first-order chi connectivity index (χ1) is 24.7. The summed E-state index contributed by atoms with van der Waals surface area (Å²) < 4.78 is 32.1. The Kier molecular flexibility index (Phi) is 30.8. The number of hydrogen-bond donors (Lipinski definition) is 2. The number of carbonyl (C=O) groups is 2. The highest BCUT2D eigenvalue weighted by Gasteiger charge is 2.36. The average molecular weight is 743 g/mol. The van der Waals surface area contributed by atoms with Crippen LogP contribution in [-0.4, -0.2) is 53.3 Å². The average Bonchev–Trinajstić information content (AvgIpc) is 3.85. The summed E-state index contributed by atoms with van der Waals surface area (Å²) in [6, 6.07) is 0. The quantitative estimate of drug-likeness (QED) is 0.0210. The number of allylic oxidation sites excluding steroid dienone is 3. The molecule has 51 heavy (non-hydrogen) atoms. The molecule has 0 aromatic heterocycles. The smallest absolute Gasteiger partial charge is 0.462 e. The van der Waals surface area contributed by atoms with E-state index in [0.717, 1.165) is 70.6 Å². The van der Waals surface area contributed by atoms with Crippen LogP contribution in [0.2, 0.25) is 0 Å². The number of epoxide rings is 1. The van der Waals surface area contributed by atoms with Crippen molar-refractivity contribution in [1.29, 1.82) is 0 Å². The number of phosphoric acid groups is 1. The fourth-order valence-corrected chi connectivity index (χ4v) is 6.50. The van der Waals surface area contributed by atoms with Crippen molar-refractivity contribution in [2.45, 2.75) is 212 Å². The normalized spacial score (nSPS) is 16.6. The Hall–Kier alpha value is -1.51. The molecule has 1 heterocycles. The molecule has 2 unspecified atom stereocenters. The van der Waals surface area contributed by atoms with Crippen molar-refractivity contribution in [2.24, 2.45) is 0 Å². The minimum Gasteiger partial charge on any atom is -0.462 e. The van der Waals surface area contributed by atoms with Crippen LogP contribution in [0.25, 0.3) is 0 Å². The summed E-state index contributed by atoms with van der Waals surface area (Å²) in [6.07, 6.45) is 39.2. The van der Waals surface area contributed by atoms with E-state index in [4.69, 9.17) is 24.0 Å². The molecule has 0 aromatic carbocycles. The maximum atomic E-state index is 12.4. The van der Waals surface area contributed by atoms with E-state index >= 15 is 0 Å². The largest absolute Gasteiger partial charge is 0.469 e. The van der Waals surface area contributed by atoms with E-state index in [-0.39, 0.29) is 19.4 Å². The summed E-state index contributed by atoms with van der Waals surface area (Å²) in [6.45, 7) is 3.64. The molecule has 1 aliphatic heterocycles. The van der Waals surface area contributed by atoms with Crippen LogP contribution in [-0.2, 0) is 32.9 Å². The van der Waals surface area contributed by atoms with E-state index in [9.17, 15) is 14.2 Å². The molecule has 0 aromatic rings. The maximum absolute atomic E-state index is 12.4. The highest BCUT2D eigenvalue weighted by atomic mass is 31.2. The molecule has 0 bridgehead atoms. The molecule has 10 heteroatoms. The van der Waals surface area contributed by atoms with Crippen LogP contribution in [0.15, 0.2) is 24.3 Å². The van der Waals surface area contributed by atoms with Gasteiger partial charge in [-0.05, 0) is 64.2 Å². The molecule has 9 nitrogen and oxygen atoms in total. The molecular weight excluding hydrogens is 667 g/mol. The van der Waals surface area contributed by atoms with Gasteiger partial charge in [0.25, 0.3) is 0 Å². The van der Waals surface area contributed by atoms with Crippen LogP contribution in [0.4, 0.5) is 0 Å². The molecule has 0 aliphatic carbocycles. The summed E-state index contributed by atoms with van der Waals surface area (Å²) in [7, 11) is -4.76. The maximum Gasteiger partial charge on any atom is 0.469 e. The van der Waals surface area contributed by atoms with Crippen LogP contribution in [0, 0.1) is 0 Å². The molecule has 2 N–H and O–H groups in total. The molecule has 1 saturated heterocycles. The van der Waals surface area contributed by atoms with Gasteiger partial charge >= 0.3 is 19.8 Å². The second-order valence-electron chi connectivity index (χ2n) is 14.3. The third kappa shape index (κ3) is 32.8. The SMILES string of the molecule is CCCCCCCC/C=C\CCCCCCCCCC(=O)OC[C@H](COP(=O)(O)O)OC(=O)CCCCCCC/C=C\CC1OC1CCCCC. The molecule has 3 atom stereocenters. The zero-order chi connectivity index (χ0) is 37.3. The topological polar surface area (TPSA) is 132 Å². The van der Waals surface area contributed by atoms with Gasteiger partial charge in [0.15, 0.2) is 6.10 Å². The summed E-state index contributed by atoms with van der Waals surface area (Å²) in [5.74, 6) is -0.907. The van der Waals surface area contributed by atoms with Crippen LogP contribution < -0.4 is 0 Å². The van der Waals surface area contributed by atoms with Crippen molar-refractivity contribution in [2.75, 3.05) is 13.2 Å². The van der Waals surface area contributed by atoms with Crippen molar-refractivity contribution < 1.29 is 42.7 Å². The van der Waals surface area contributed by atoms with Crippen LogP contribution in [0.3, 0.4) is 0 Å². The van der Waals surface area contributed by atoms with Gasteiger partial charge in [0.1, 0.15) is 6.61 Å². The summed E-state index contributed by atoms with van der Waals surface area (Å²) in [5.41, 5.74) is 0. The van der Waals surface area contributed by atoms with E-state index in [1.54, 1.807) is 0 Å². The van der Waals surface area contributed by atoms with Crippen LogP contribution in [0.1, 0.15) is 194 Å². The van der Waals surface area contributed by atoms with Crippen molar-refractivity contribution >= 4 is 19.8 Å². The Bertz CT molecular complexity index is 947. The highest BCUT2D eigenvalue weighted by molar-refractivity contribution is 7.46. The van der Waals surface area contributed by atoms with Gasteiger partial charge in [-0.1, -0.05) is 141 Å². The summed E-state index contributed by atoms with van der Waals surface area (Å²) in [4.78, 5) is 42.8. The van der Waals surface area contributed by atoms with Crippen molar-refractivity contribution in [3.63, 3.8) is 0 Å². The fraction of sp³-hybridized carbons (Fsp3) is 0.854. The molecule has 1 rings (SSSR count). The van der Waals surface area contributed by atoms with Gasteiger partial charge in [0.2, 0.25) is 0 Å². The Morgan fingerprint density at radius 2 is 1.08 bits per heavy atom. The molecular formula is C41H75O9P. The predicted octanol–water partition coefficient (Wildman–Crippen LogP) is 11.4. The Morgan fingerprint density at radius 3 is 1.63 bits per heavy atom. The van der Waals surface area contributed by atoms with Crippen molar-refractivity contribution in [3.05, 3.63) is 24.3 Å². The zero-order valence-electron chi connectivity index (χ0n) is 32.5. The van der Waals surface area contributed by atoms with E-state index < -0.39 is 32.5 Å². The van der Waals surface area contributed by atoms with E-state index in [0.29, 0.717) is 18.6 Å². The van der Waals surface area contributed by atoms with Crippen LogP contribution >= 0.6 is 7.82 Å². The lowest BCUT2D eigenvalue weighted by Gasteiger charge is -2.18. The van der Waals surface area contributed by atoms with Gasteiger partial charge in [-0.25, -0.2) is 4.57 Å². The monoisotopic (exact) mass is 743 g/mol. The first kappa shape index (κ1) is 47.5. The molecule has 1 fully saturated rings. The first-order valence-corrected chi connectivity index (χ1v) is 22.3. The van der Waals surface area contributed by atoms with E-state index in [1.165, 1.54) is 89.9 Å². The van der Waals surface area contributed by atoms with Gasteiger partial charge in [-0.15, -0.1) is 0 Å². The van der Waals surface area contributed by atoms with Crippen molar-refractivity contribution in [1.82, 2.24) is 0 Å².